The molecular formula is C41H47F3N4O9. The summed E-state index contributed by atoms with van der Waals surface area (Å²) in [6.45, 7) is 4.70. The van der Waals surface area contributed by atoms with Crippen molar-refractivity contribution in [3.8, 4) is 5.75 Å². The number of carbonyl (C=O) groups is 4. The number of ketones is 1. The lowest BCUT2D eigenvalue weighted by Gasteiger charge is -2.22. The number of pyridine rings is 1. The van der Waals surface area contributed by atoms with Gasteiger partial charge in [-0.05, 0) is 70.0 Å². The average molecular weight is 797 g/mol. The van der Waals surface area contributed by atoms with Crippen molar-refractivity contribution in [2.75, 3.05) is 41.4 Å². The number of hydrogen-bond acceptors (Lipinski definition) is 9. The number of nitrogens with zero attached hydrogens (tertiary/aromatic N) is 4. The van der Waals surface area contributed by atoms with Gasteiger partial charge in [0.05, 0.1) is 18.8 Å². The van der Waals surface area contributed by atoms with E-state index in [0.717, 1.165) is 22.8 Å². The number of rotatable bonds is 16. The van der Waals surface area contributed by atoms with E-state index in [1.807, 2.05) is 0 Å². The zero-order valence-electron chi connectivity index (χ0n) is 33.0. The zero-order chi connectivity index (χ0) is 42.0. The normalized spacial score (nSPS) is 12.1. The lowest BCUT2D eigenvalue weighted by molar-refractivity contribution is -0.127. The number of allylic oxidation sites excluding steroid dienone is 1. The minimum Gasteiger partial charge on any atom is -0.486 e. The molecule has 0 aliphatic rings. The Balaban J connectivity index is 1.68. The number of benzene rings is 2. The van der Waals surface area contributed by atoms with Gasteiger partial charge in [0.2, 0.25) is 5.91 Å². The van der Waals surface area contributed by atoms with E-state index in [4.69, 9.17) is 18.9 Å². The molecule has 57 heavy (non-hydrogen) atoms. The Hall–Kier alpha value is -5.90. The fourth-order valence-electron chi connectivity index (χ4n) is 5.59. The van der Waals surface area contributed by atoms with Crippen molar-refractivity contribution in [1.82, 2.24) is 18.9 Å². The van der Waals surface area contributed by atoms with Gasteiger partial charge in [-0.15, -0.1) is 0 Å². The smallest absolute Gasteiger partial charge is 0.419 e. The second-order valence-electron chi connectivity index (χ2n) is 14.4. The predicted octanol–water partition coefficient (Wildman–Crippen LogP) is 6.25. The molecule has 2 amide bonds. The number of halogens is 3. The van der Waals surface area contributed by atoms with Crippen LogP contribution in [0.1, 0.15) is 50.4 Å². The summed E-state index contributed by atoms with van der Waals surface area (Å²) in [7, 11) is 6.14. The van der Waals surface area contributed by atoms with Crippen LogP contribution in [0, 0.1) is 17.5 Å². The van der Waals surface area contributed by atoms with Crippen LogP contribution in [0.5, 0.6) is 5.75 Å². The van der Waals surface area contributed by atoms with Crippen LogP contribution in [-0.2, 0) is 43.4 Å². The standard InChI is InChI=1S/C41H47F3N4O9/c1-41(2,3)57-40(53)48-31(20-28-19-30(43)23-35(37(28)48)55-25-27-14-15-29(42)22-32(27)44)24-47-16-10-11-26(38(47)51)21-33(49)34(12-8-9-13-36(50)45(4)5)56-39(52)46(6)17-18-54-7/h9-11,13-16,19-20,22-23,34H,8,12,17-18,21,24-25H2,1-7H3/b13-9+/t34-/m0/s1. The summed E-state index contributed by atoms with van der Waals surface area (Å²) in [5.74, 6) is -3.38. The molecule has 0 spiro atoms. The molecule has 4 rings (SSSR count). The number of amides is 2. The summed E-state index contributed by atoms with van der Waals surface area (Å²) < 4.78 is 67.4. The molecule has 4 aromatic rings. The number of methoxy groups -OCH3 is 1. The molecule has 0 saturated heterocycles. The number of Topliss-reactive ketones (excluding diaryl/α,β-unsaturated/α-hetero) is 1. The summed E-state index contributed by atoms with van der Waals surface area (Å²) >= 11 is 0. The van der Waals surface area contributed by atoms with Crippen LogP contribution in [0.4, 0.5) is 22.8 Å². The Morgan fingerprint density at radius 2 is 1.68 bits per heavy atom. The Morgan fingerprint density at radius 3 is 2.35 bits per heavy atom. The van der Waals surface area contributed by atoms with E-state index in [0.29, 0.717) is 6.07 Å². The van der Waals surface area contributed by atoms with E-state index < -0.39 is 65.7 Å². The van der Waals surface area contributed by atoms with Crippen molar-refractivity contribution in [3.63, 3.8) is 0 Å². The molecule has 2 aromatic carbocycles. The third kappa shape index (κ3) is 12.0. The molecule has 306 valence electrons. The first kappa shape index (κ1) is 43.8. The molecule has 1 atom stereocenters. The van der Waals surface area contributed by atoms with Gasteiger partial charge in [0.1, 0.15) is 40.9 Å². The minimum atomic E-state index is -1.26. The van der Waals surface area contributed by atoms with Gasteiger partial charge < -0.3 is 33.3 Å². The quantitative estimate of drug-likeness (QED) is 0.121. The Morgan fingerprint density at radius 1 is 0.947 bits per heavy atom. The van der Waals surface area contributed by atoms with E-state index in [-0.39, 0.29) is 71.9 Å². The van der Waals surface area contributed by atoms with Crippen molar-refractivity contribution in [2.24, 2.45) is 0 Å². The second-order valence-corrected chi connectivity index (χ2v) is 14.4. The van der Waals surface area contributed by atoms with E-state index in [2.05, 4.69) is 0 Å². The molecule has 16 heteroatoms. The van der Waals surface area contributed by atoms with Gasteiger partial charge in [-0.3, -0.25) is 14.4 Å². The maximum Gasteiger partial charge on any atom is 0.419 e. The molecule has 0 saturated carbocycles. The van der Waals surface area contributed by atoms with Crippen molar-refractivity contribution >= 4 is 34.8 Å². The Kier molecular flexibility index (Phi) is 14.8. The fourth-order valence-corrected chi connectivity index (χ4v) is 5.59. The number of likely N-dealkylation sites (N-methyl/N-ethyl adjacent to an activating group) is 2. The molecule has 0 N–H and O–H groups in total. The van der Waals surface area contributed by atoms with Crippen LogP contribution in [0.2, 0.25) is 0 Å². The molecule has 2 aromatic heterocycles. The van der Waals surface area contributed by atoms with Crippen molar-refractivity contribution in [1.29, 1.82) is 0 Å². The first-order chi connectivity index (χ1) is 26.9. The summed E-state index contributed by atoms with van der Waals surface area (Å²) in [5.41, 5.74) is -1.28. The summed E-state index contributed by atoms with van der Waals surface area (Å²) in [5, 5.41) is 0.200. The lowest BCUT2D eigenvalue weighted by atomic mass is 10.0. The van der Waals surface area contributed by atoms with E-state index in [1.54, 1.807) is 40.9 Å². The van der Waals surface area contributed by atoms with Gasteiger partial charge in [-0.2, -0.15) is 0 Å². The summed E-state index contributed by atoms with van der Waals surface area (Å²) in [6, 6.07) is 9.55. The van der Waals surface area contributed by atoms with E-state index in [9.17, 15) is 37.1 Å². The SMILES string of the molecule is COCCN(C)C(=O)O[C@@H](CC/C=C/C(=O)N(C)C)C(=O)Cc1cccn(Cc2cc3cc(F)cc(OCc4ccc(F)cc4F)c3n2C(=O)OC(C)(C)C)c1=O. The first-order valence-electron chi connectivity index (χ1n) is 18.0. The van der Waals surface area contributed by atoms with Gasteiger partial charge in [0, 0.05) is 76.1 Å². The van der Waals surface area contributed by atoms with Crippen LogP contribution >= 0.6 is 0 Å². The molecule has 0 radical (unpaired) electrons. The summed E-state index contributed by atoms with van der Waals surface area (Å²) in [4.78, 5) is 68.8. The maximum atomic E-state index is 15.0. The van der Waals surface area contributed by atoms with Crippen molar-refractivity contribution in [3.05, 3.63) is 112 Å². The van der Waals surface area contributed by atoms with Gasteiger partial charge in [0.15, 0.2) is 11.9 Å². The average Bonchev–Trinajstić information content (AvgIpc) is 3.49. The number of ether oxygens (including phenoxy) is 4. The number of fused-ring (bicyclic) bond motifs is 1. The van der Waals surface area contributed by atoms with Crippen LogP contribution in [-0.4, -0.2) is 95.9 Å². The highest BCUT2D eigenvalue weighted by molar-refractivity contribution is 5.95. The molecule has 0 unspecified atom stereocenters. The topological polar surface area (TPSA) is 139 Å². The molecule has 13 nitrogen and oxygen atoms in total. The minimum absolute atomic E-state index is 0.0201. The molecule has 0 aliphatic heterocycles. The van der Waals surface area contributed by atoms with Gasteiger partial charge in [0.25, 0.3) is 5.56 Å². The third-order valence-corrected chi connectivity index (χ3v) is 8.51. The lowest BCUT2D eigenvalue weighted by Crippen LogP contribution is -2.37. The predicted molar refractivity (Wildman–Crippen MR) is 205 cm³/mol. The molecule has 2 heterocycles. The highest BCUT2D eigenvalue weighted by Gasteiger charge is 2.28. The second kappa shape index (κ2) is 19.3. The van der Waals surface area contributed by atoms with Crippen molar-refractivity contribution < 1.29 is 51.3 Å². The van der Waals surface area contributed by atoms with Crippen LogP contribution in [0.25, 0.3) is 10.9 Å². The van der Waals surface area contributed by atoms with Crippen LogP contribution < -0.4 is 10.3 Å². The largest absolute Gasteiger partial charge is 0.486 e. The Labute approximate surface area is 328 Å². The van der Waals surface area contributed by atoms with Crippen molar-refractivity contribution in [2.45, 2.75) is 64.9 Å². The number of aromatic nitrogens is 2. The van der Waals surface area contributed by atoms with Gasteiger partial charge in [-0.25, -0.2) is 27.3 Å². The van der Waals surface area contributed by atoms with Gasteiger partial charge >= 0.3 is 12.2 Å². The molecule has 0 aliphatic carbocycles. The van der Waals surface area contributed by atoms with Crippen LogP contribution in [0.3, 0.4) is 0 Å². The third-order valence-electron chi connectivity index (χ3n) is 8.51. The highest BCUT2D eigenvalue weighted by Crippen LogP contribution is 2.33. The fraction of sp³-hybridized carbons (Fsp3) is 0.390. The molecule has 0 bridgehead atoms. The zero-order valence-corrected chi connectivity index (χ0v) is 33.0. The number of hydrogen-bond donors (Lipinski definition) is 0. The van der Waals surface area contributed by atoms with Gasteiger partial charge in [-0.1, -0.05) is 12.1 Å². The molecular weight excluding hydrogens is 749 g/mol. The van der Waals surface area contributed by atoms with Crippen LogP contribution in [0.15, 0.2) is 71.7 Å². The summed E-state index contributed by atoms with van der Waals surface area (Å²) in [6.07, 6.45) is 1.26. The Bertz CT molecular complexity index is 2190. The molecule has 0 fully saturated rings. The maximum absolute atomic E-state index is 15.0. The van der Waals surface area contributed by atoms with E-state index in [1.165, 1.54) is 65.1 Å². The van der Waals surface area contributed by atoms with E-state index >= 15 is 0 Å². The highest BCUT2D eigenvalue weighted by atomic mass is 19.1. The first-order valence-corrected chi connectivity index (χ1v) is 18.0. The number of carbonyl (C=O) groups excluding carboxylic acids is 4. The monoisotopic (exact) mass is 796 g/mol.